The second-order valence-electron chi connectivity index (χ2n) is 17.9. The maximum atomic E-state index is 14.9. The number of benzene rings is 3. The largest absolute Gasteiger partial charge is 0.491 e. The van der Waals surface area contributed by atoms with Crippen LogP contribution in [0, 0.1) is 17.0 Å². The Kier molecular flexibility index (Phi) is 26.8. The highest BCUT2D eigenvalue weighted by Crippen LogP contribution is 2.37. The van der Waals surface area contributed by atoms with Crippen LogP contribution in [-0.4, -0.2) is 119 Å². The number of rotatable bonds is 19. The van der Waals surface area contributed by atoms with Gasteiger partial charge >= 0.3 is 0 Å². The van der Waals surface area contributed by atoms with E-state index < -0.39 is 35.2 Å². The number of carbonyl (C=O) groups is 3. The lowest BCUT2D eigenvalue weighted by Crippen LogP contribution is -2.62. The fourth-order valence-corrected chi connectivity index (χ4v) is 9.29. The summed E-state index contributed by atoms with van der Waals surface area (Å²) in [6, 6.07) is 14.0. The van der Waals surface area contributed by atoms with Crippen LogP contribution in [0.2, 0.25) is 0 Å². The van der Waals surface area contributed by atoms with Crippen molar-refractivity contribution in [3.63, 3.8) is 0 Å². The first-order valence-electron chi connectivity index (χ1n) is 22.8. The highest BCUT2D eigenvalue weighted by molar-refractivity contribution is 7.59. The quantitative estimate of drug-likeness (QED) is 0.0820. The average Bonchev–Trinajstić information content (AvgIpc) is 3.82. The lowest BCUT2D eigenvalue weighted by Gasteiger charge is -2.41. The Morgan fingerprint density at radius 1 is 0.887 bits per heavy atom. The van der Waals surface area contributed by atoms with Gasteiger partial charge in [0, 0.05) is 37.0 Å². The standard InChI is InChI=1S/C49H62F2N6O8S.2ClH.3H2S/c1-31(52-5)45(58)55-44(49(2,3)4)47(60)57-29-34-27-35(14-13-33(34)28-41(57)46(59)53-39-12-8-10-32-9-6-7-11-36(32)39)64-25-23-62-21-22-63-24-26-65-43-37(15-16-38(50)42(43)51)40-30-66-48(54-40)56-17-19-61-20-18-56;;;;;/h6-7,9,11,13-16,27,30-31,39,41,44,52H,8,10,12,17-26,28-29H2,1-5H3,(H,53,59)(H,55,58);2*1H;3*1H2/t31-,39+,41-,44+;;;;;/m0...../s1. The number of morpholine rings is 1. The van der Waals surface area contributed by atoms with Crippen molar-refractivity contribution in [1.82, 2.24) is 25.8 Å². The topological polar surface area (TPSA) is 153 Å². The predicted molar refractivity (Wildman–Crippen MR) is 293 cm³/mol. The molecule has 3 heterocycles. The molecular weight excluding hydrogens is 1040 g/mol. The number of amides is 3. The van der Waals surface area contributed by atoms with Gasteiger partial charge in [0.15, 0.2) is 16.7 Å². The zero-order valence-electron chi connectivity index (χ0n) is 40.8. The maximum Gasteiger partial charge on any atom is 0.246 e. The number of anilines is 1. The predicted octanol–water partition coefficient (Wildman–Crippen LogP) is 7.18. The second-order valence-corrected chi connectivity index (χ2v) is 18.7. The van der Waals surface area contributed by atoms with Gasteiger partial charge in [-0.2, -0.15) is 44.9 Å². The molecule has 0 unspecified atom stereocenters. The molecule has 0 bridgehead atoms. The molecule has 3 aliphatic rings. The normalized spacial score (nSPS) is 16.9. The number of thiazole rings is 1. The summed E-state index contributed by atoms with van der Waals surface area (Å²) in [6.07, 6.45) is 3.02. The van der Waals surface area contributed by atoms with Crippen molar-refractivity contribution in [2.45, 2.75) is 84.1 Å². The van der Waals surface area contributed by atoms with E-state index in [4.69, 9.17) is 23.7 Å². The molecule has 0 saturated carbocycles. The summed E-state index contributed by atoms with van der Waals surface area (Å²) in [7, 11) is 1.69. The van der Waals surface area contributed by atoms with Gasteiger partial charge in [0.2, 0.25) is 23.5 Å². The molecule has 1 aromatic heterocycles. The molecular formula is C49H70Cl2F2N6O8S4. The third kappa shape index (κ3) is 16.5. The van der Waals surface area contributed by atoms with Crippen LogP contribution in [0.1, 0.15) is 68.8 Å². The number of carbonyl (C=O) groups excluding carboxylic acids is 3. The van der Waals surface area contributed by atoms with Gasteiger partial charge in [0.05, 0.1) is 57.4 Å². The van der Waals surface area contributed by atoms with Crippen LogP contribution in [0.4, 0.5) is 13.9 Å². The van der Waals surface area contributed by atoms with Crippen LogP contribution in [0.3, 0.4) is 0 Å². The first kappa shape index (κ1) is 63.5. The number of halogens is 4. The molecule has 1 saturated heterocycles. The van der Waals surface area contributed by atoms with E-state index in [9.17, 15) is 23.2 Å². The lowest BCUT2D eigenvalue weighted by atomic mass is 9.83. The Bertz CT molecular complexity index is 2330. The number of likely N-dealkylation sites (N-methyl/N-ethyl adjacent to an activating group) is 1. The van der Waals surface area contributed by atoms with Gasteiger partial charge in [-0.1, -0.05) is 51.1 Å². The Morgan fingerprint density at radius 2 is 1.56 bits per heavy atom. The van der Waals surface area contributed by atoms with Crippen LogP contribution < -0.4 is 30.3 Å². The van der Waals surface area contributed by atoms with E-state index >= 15 is 0 Å². The number of fused-ring (bicyclic) bond motifs is 2. The van der Waals surface area contributed by atoms with E-state index in [-0.39, 0.29) is 141 Å². The molecule has 0 spiro atoms. The minimum absolute atomic E-state index is 0. The van der Waals surface area contributed by atoms with Gasteiger partial charge in [-0.25, -0.2) is 9.37 Å². The zero-order valence-corrected chi connectivity index (χ0v) is 46.2. The summed E-state index contributed by atoms with van der Waals surface area (Å²) in [5, 5.41) is 11.8. The van der Waals surface area contributed by atoms with Crippen molar-refractivity contribution >= 4 is 99.5 Å². The molecule has 0 radical (unpaired) electrons. The number of nitrogens with zero attached hydrogens (tertiary/aromatic N) is 3. The summed E-state index contributed by atoms with van der Waals surface area (Å²) in [5.41, 5.74) is 4.32. The molecule has 14 nitrogen and oxygen atoms in total. The SMILES string of the molecule is CN[C@@H](C)C(=O)N[C@H](C(=O)N1Cc2cc(OCCOCCOCCOc3c(-c4csc(N5CCOCC5)n4)ccc(F)c3F)ccc2C[C@H]1C(=O)N[C@@H]1CCCc2ccccc21)C(C)(C)C.Cl.Cl.S.S.S. The van der Waals surface area contributed by atoms with Crippen molar-refractivity contribution in [2.75, 3.05) is 77.9 Å². The summed E-state index contributed by atoms with van der Waals surface area (Å²) < 4.78 is 57.7. The summed E-state index contributed by atoms with van der Waals surface area (Å²) >= 11 is 1.43. The van der Waals surface area contributed by atoms with Crippen molar-refractivity contribution in [3.05, 3.63) is 93.9 Å². The first-order valence-corrected chi connectivity index (χ1v) is 23.7. The van der Waals surface area contributed by atoms with Gasteiger partial charge < -0.3 is 49.4 Å². The highest BCUT2D eigenvalue weighted by Gasteiger charge is 2.43. The summed E-state index contributed by atoms with van der Waals surface area (Å²) in [5.74, 6) is -2.58. The first-order chi connectivity index (χ1) is 31.8. The number of hydrogen-bond acceptors (Lipinski definition) is 12. The Morgan fingerprint density at radius 3 is 2.25 bits per heavy atom. The Hall–Kier alpha value is -3.57. The summed E-state index contributed by atoms with van der Waals surface area (Å²) in [4.78, 5) is 50.5. The molecule has 3 aromatic carbocycles. The fraction of sp³-hybridized carbons (Fsp3) is 0.510. The van der Waals surface area contributed by atoms with E-state index in [2.05, 4.69) is 38.0 Å². The minimum atomic E-state index is -1.08. The van der Waals surface area contributed by atoms with Crippen LogP contribution in [0.15, 0.2) is 60.0 Å². The fourth-order valence-electron chi connectivity index (χ4n) is 8.41. The van der Waals surface area contributed by atoms with Crippen molar-refractivity contribution in [1.29, 1.82) is 0 Å². The molecule has 3 amide bonds. The Labute approximate surface area is 453 Å². The molecule has 3 N–H and O–H groups in total. The van der Waals surface area contributed by atoms with Gasteiger partial charge in [-0.3, -0.25) is 14.4 Å². The van der Waals surface area contributed by atoms with Gasteiger partial charge in [0.25, 0.3) is 0 Å². The Balaban J connectivity index is 0.00000346. The van der Waals surface area contributed by atoms with Crippen LogP contribution in [0.5, 0.6) is 11.5 Å². The zero-order chi connectivity index (χ0) is 46.8. The molecule has 7 rings (SSSR count). The summed E-state index contributed by atoms with van der Waals surface area (Å²) in [6.45, 7) is 11.3. The van der Waals surface area contributed by atoms with Crippen LogP contribution >= 0.6 is 76.6 Å². The van der Waals surface area contributed by atoms with E-state index in [1.807, 2.05) is 51.1 Å². The highest BCUT2D eigenvalue weighted by atomic mass is 35.5. The van der Waals surface area contributed by atoms with Crippen molar-refractivity contribution in [3.8, 4) is 22.8 Å². The molecule has 22 heteroatoms. The molecule has 1 aliphatic carbocycles. The second kappa shape index (κ2) is 30.0. The molecule has 4 aromatic rings. The lowest BCUT2D eigenvalue weighted by molar-refractivity contribution is -0.147. The molecule has 1 fully saturated rings. The molecule has 71 heavy (non-hydrogen) atoms. The van der Waals surface area contributed by atoms with Crippen molar-refractivity contribution in [2.24, 2.45) is 5.41 Å². The maximum absolute atomic E-state index is 14.9. The minimum Gasteiger partial charge on any atom is -0.491 e. The third-order valence-electron chi connectivity index (χ3n) is 12.2. The van der Waals surface area contributed by atoms with Crippen LogP contribution in [0.25, 0.3) is 11.3 Å². The van der Waals surface area contributed by atoms with Crippen molar-refractivity contribution < 1.29 is 46.8 Å². The van der Waals surface area contributed by atoms with E-state index in [1.54, 1.807) is 24.3 Å². The number of aryl methyl sites for hydroxylation is 1. The number of nitrogens with one attached hydrogen (secondary N) is 3. The van der Waals surface area contributed by atoms with E-state index in [0.717, 1.165) is 47.2 Å². The molecule has 396 valence electrons. The smallest absolute Gasteiger partial charge is 0.246 e. The number of ether oxygens (including phenoxy) is 5. The van der Waals surface area contributed by atoms with Crippen LogP contribution in [-0.2, 0) is 48.0 Å². The van der Waals surface area contributed by atoms with Gasteiger partial charge in [0.1, 0.15) is 31.0 Å². The van der Waals surface area contributed by atoms with Gasteiger partial charge in [-0.15, -0.1) is 36.2 Å². The molecule has 2 aliphatic heterocycles. The number of aromatic nitrogens is 1. The van der Waals surface area contributed by atoms with E-state index in [1.165, 1.54) is 23.0 Å². The third-order valence-corrected chi connectivity index (χ3v) is 13.1. The van der Waals surface area contributed by atoms with Gasteiger partial charge in [-0.05, 0) is 85.2 Å². The molecule has 4 atom stereocenters. The average molecular weight is 1110 g/mol. The monoisotopic (exact) mass is 1110 g/mol. The number of hydrogen-bond donors (Lipinski definition) is 3. The van der Waals surface area contributed by atoms with E-state index in [0.29, 0.717) is 49.7 Å².